The summed E-state index contributed by atoms with van der Waals surface area (Å²) in [4.78, 5) is 21.9. The Kier molecular flexibility index (Phi) is 8.23. The Hall–Kier alpha value is -2.41. The maximum absolute atomic E-state index is 13.3. The summed E-state index contributed by atoms with van der Waals surface area (Å²) < 4.78 is 27.6. The van der Waals surface area contributed by atoms with Gasteiger partial charge in [-0.3, -0.25) is 20.2 Å². The van der Waals surface area contributed by atoms with Crippen LogP contribution in [-0.2, 0) is 16.4 Å². The zero-order valence-corrected chi connectivity index (χ0v) is 19.4. The largest absolute Gasteiger partial charge is 0.378 e. The zero-order chi connectivity index (χ0) is 23.3. The summed E-state index contributed by atoms with van der Waals surface area (Å²) in [6, 6.07) is 7.29. The van der Waals surface area contributed by atoms with Crippen LogP contribution in [0.5, 0.6) is 0 Å². The molecule has 0 aliphatic carbocycles. The number of hydrogen-bond acceptors (Lipinski definition) is 8. The minimum absolute atomic E-state index is 0.0108. The van der Waals surface area contributed by atoms with Gasteiger partial charge in [0.15, 0.2) is 0 Å². The van der Waals surface area contributed by atoms with Gasteiger partial charge in [-0.25, -0.2) is 8.42 Å². The highest BCUT2D eigenvalue weighted by atomic mass is 35.5. The van der Waals surface area contributed by atoms with Gasteiger partial charge in [0.1, 0.15) is 16.1 Å². The van der Waals surface area contributed by atoms with Crippen molar-refractivity contribution in [2.45, 2.75) is 36.5 Å². The maximum Gasteiger partial charge on any atom is 0.303 e. The molecule has 0 radical (unpaired) electrons. The first-order chi connectivity index (χ1) is 14.5. The normalized spacial score (nSPS) is 11.5. The number of nitro benzene ring substituents is 2. The summed E-state index contributed by atoms with van der Waals surface area (Å²) >= 11 is 6.69. The SMILES string of the molecule is CCCNc1c(S(=O)(=O)N(C)Sc2ccc(Cl)cc2)cc([N+](=O)[O-])c(CC)c1[N+](=O)[O-]. The Morgan fingerprint density at radius 1 is 1.13 bits per heavy atom. The average molecular weight is 489 g/mol. The van der Waals surface area contributed by atoms with Gasteiger partial charge in [0.2, 0.25) is 0 Å². The van der Waals surface area contributed by atoms with Crippen molar-refractivity contribution in [2.75, 3.05) is 18.9 Å². The monoisotopic (exact) mass is 488 g/mol. The van der Waals surface area contributed by atoms with E-state index in [-0.39, 0.29) is 24.2 Å². The third-order valence-corrected chi connectivity index (χ3v) is 7.65. The molecule has 0 unspecified atom stereocenters. The zero-order valence-electron chi connectivity index (χ0n) is 17.0. The molecule has 0 saturated carbocycles. The van der Waals surface area contributed by atoms with Crippen molar-refractivity contribution in [1.82, 2.24) is 3.71 Å². The number of nitrogens with one attached hydrogen (secondary N) is 1. The quantitative estimate of drug-likeness (QED) is 0.284. The number of halogens is 1. The number of rotatable bonds is 10. The van der Waals surface area contributed by atoms with Crippen molar-refractivity contribution in [3.8, 4) is 0 Å². The molecule has 0 spiro atoms. The molecule has 31 heavy (non-hydrogen) atoms. The molecule has 10 nitrogen and oxygen atoms in total. The summed E-state index contributed by atoms with van der Waals surface area (Å²) in [7, 11) is -3.09. The topological polar surface area (TPSA) is 136 Å². The first kappa shape index (κ1) is 24.9. The van der Waals surface area contributed by atoms with Gasteiger partial charge in [0, 0.05) is 29.6 Å². The van der Waals surface area contributed by atoms with Crippen LogP contribution in [0.25, 0.3) is 0 Å². The fraction of sp³-hybridized carbons (Fsp3) is 0.333. The van der Waals surface area contributed by atoms with E-state index in [1.54, 1.807) is 24.3 Å². The van der Waals surface area contributed by atoms with E-state index in [4.69, 9.17) is 11.6 Å². The van der Waals surface area contributed by atoms with Gasteiger partial charge in [0.05, 0.1) is 9.85 Å². The van der Waals surface area contributed by atoms with E-state index < -0.39 is 36.1 Å². The highest BCUT2D eigenvalue weighted by Crippen LogP contribution is 2.43. The minimum Gasteiger partial charge on any atom is -0.378 e. The molecular formula is C18H21ClN4O6S2. The van der Waals surface area contributed by atoms with Gasteiger partial charge >= 0.3 is 5.69 Å². The van der Waals surface area contributed by atoms with Crippen molar-refractivity contribution in [2.24, 2.45) is 0 Å². The molecule has 2 aromatic carbocycles. The van der Waals surface area contributed by atoms with E-state index in [0.717, 1.165) is 21.7 Å². The summed E-state index contributed by atoms with van der Waals surface area (Å²) in [6.45, 7) is 3.59. The first-order valence-corrected chi connectivity index (χ1v) is 11.8. The Labute approximate surface area is 189 Å². The Bertz CT molecular complexity index is 1090. The number of sulfonamides is 1. The average Bonchev–Trinajstić information content (AvgIpc) is 2.72. The molecule has 0 aliphatic rings. The lowest BCUT2D eigenvalue weighted by Gasteiger charge is -2.20. The highest BCUT2D eigenvalue weighted by Gasteiger charge is 2.37. The van der Waals surface area contributed by atoms with E-state index >= 15 is 0 Å². The van der Waals surface area contributed by atoms with Crippen molar-refractivity contribution < 1.29 is 18.3 Å². The van der Waals surface area contributed by atoms with E-state index in [1.165, 1.54) is 14.0 Å². The lowest BCUT2D eigenvalue weighted by molar-refractivity contribution is -0.395. The molecular weight excluding hydrogens is 468 g/mol. The molecule has 0 aromatic heterocycles. The predicted octanol–water partition coefficient (Wildman–Crippen LogP) is 4.87. The van der Waals surface area contributed by atoms with Crippen LogP contribution in [0.15, 0.2) is 40.1 Å². The Morgan fingerprint density at radius 3 is 2.23 bits per heavy atom. The van der Waals surface area contributed by atoms with E-state index in [9.17, 15) is 28.6 Å². The number of nitrogens with zero attached hydrogens (tertiary/aromatic N) is 3. The van der Waals surface area contributed by atoms with Gasteiger partial charge in [-0.2, -0.15) is 0 Å². The number of anilines is 1. The Morgan fingerprint density at radius 2 is 1.74 bits per heavy atom. The van der Waals surface area contributed by atoms with Crippen molar-refractivity contribution >= 4 is 50.6 Å². The highest BCUT2D eigenvalue weighted by molar-refractivity contribution is 8.08. The van der Waals surface area contributed by atoms with Crippen molar-refractivity contribution in [3.05, 3.63) is 61.1 Å². The molecule has 0 saturated heterocycles. The van der Waals surface area contributed by atoms with Gasteiger partial charge in [-0.15, -0.1) is 3.71 Å². The van der Waals surface area contributed by atoms with Gasteiger partial charge in [-0.05, 0) is 49.1 Å². The molecule has 0 atom stereocenters. The third kappa shape index (κ3) is 5.45. The fourth-order valence-corrected chi connectivity index (χ4v) is 5.38. The molecule has 168 valence electrons. The maximum atomic E-state index is 13.3. The lowest BCUT2D eigenvalue weighted by atomic mass is 10.1. The molecule has 0 amide bonds. The Balaban J connectivity index is 2.71. The van der Waals surface area contributed by atoms with Gasteiger partial charge in [-0.1, -0.05) is 25.4 Å². The van der Waals surface area contributed by atoms with Crippen molar-refractivity contribution in [3.63, 3.8) is 0 Å². The summed E-state index contributed by atoms with van der Waals surface area (Å²) in [5.74, 6) is 0. The number of nitro groups is 2. The molecule has 0 heterocycles. The second-order valence-electron chi connectivity index (χ2n) is 6.35. The molecule has 0 fully saturated rings. The van der Waals surface area contributed by atoms with Crippen LogP contribution in [0.1, 0.15) is 25.8 Å². The van der Waals surface area contributed by atoms with E-state index in [1.807, 2.05) is 6.92 Å². The first-order valence-electron chi connectivity index (χ1n) is 9.19. The van der Waals surface area contributed by atoms with Gasteiger partial charge in [0.25, 0.3) is 15.7 Å². The minimum atomic E-state index is -4.35. The molecule has 2 aromatic rings. The van der Waals surface area contributed by atoms with Crippen LogP contribution in [0.2, 0.25) is 5.02 Å². The van der Waals surface area contributed by atoms with E-state index in [2.05, 4.69) is 5.32 Å². The van der Waals surface area contributed by atoms with Gasteiger partial charge < -0.3 is 5.32 Å². The van der Waals surface area contributed by atoms with Crippen LogP contribution in [0.3, 0.4) is 0 Å². The van der Waals surface area contributed by atoms with Crippen LogP contribution in [-0.4, -0.2) is 35.6 Å². The molecule has 0 aliphatic heterocycles. The summed E-state index contributed by atoms with van der Waals surface area (Å²) in [5, 5.41) is 26.7. The fourth-order valence-electron chi connectivity index (χ4n) is 2.84. The summed E-state index contributed by atoms with van der Waals surface area (Å²) in [5.41, 5.74) is -1.60. The standard InChI is InChI=1S/C18H21ClN4O6S2/c1-4-10-20-17-16(11-15(22(24)25)14(5-2)18(17)23(26)27)31(28,29)21(3)30-13-8-6-12(19)7-9-13/h6-9,11,20H,4-5,10H2,1-3H3. The molecule has 2 rings (SSSR count). The van der Waals surface area contributed by atoms with Crippen molar-refractivity contribution in [1.29, 1.82) is 0 Å². The molecule has 0 bridgehead atoms. The molecule has 1 N–H and O–H groups in total. The van der Waals surface area contributed by atoms with Crippen LogP contribution in [0, 0.1) is 20.2 Å². The van der Waals surface area contributed by atoms with Crippen LogP contribution >= 0.6 is 23.5 Å². The van der Waals surface area contributed by atoms with Crippen LogP contribution < -0.4 is 5.32 Å². The molecule has 13 heteroatoms. The smallest absolute Gasteiger partial charge is 0.303 e. The summed E-state index contributed by atoms with van der Waals surface area (Å²) in [6.07, 6.45) is 0.549. The number of benzene rings is 2. The second-order valence-corrected chi connectivity index (χ2v) is 10.2. The predicted molar refractivity (Wildman–Crippen MR) is 120 cm³/mol. The van der Waals surface area contributed by atoms with Crippen LogP contribution in [0.4, 0.5) is 17.1 Å². The van der Waals surface area contributed by atoms with E-state index in [0.29, 0.717) is 16.3 Å². The number of hydrogen-bond donors (Lipinski definition) is 1. The lowest BCUT2D eigenvalue weighted by Crippen LogP contribution is -2.23. The second kappa shape index (κ2) is 10.3. The third-order valence-electron chi connectivity index (χ3n) is 4.29.